The van der Waals surface area contributed by atoms with Gasteiger partial charge in [0.25, 0.3) is 0 Å². The number of methoxy groups -OCH3 is 2. The van der Waals surface area contributed by atoms with Gasteiger partial charge in [-0.05, 0) is 24.6 Å². The first-order valence-electron chi connectivity index (χ1n) is 6.15. The van der Waals surface area contributed by atoms with Crippen LogP contribution in [0.2, 0.25) is 0 Å². The normalized spacial score (nSPS) is 14.4. The Morgan fingerprint density at radius 2 is 1.50 bits per heavy atom. The molecular formula is C14H23NO3. The molecule has 4 nitrogen and oxygen atoms in total. The fraction of sp³-hybridized carbons (Fsp3) is 0.571. The van der Waals surface area contributed by atoms with Crippen LogP contribution in [0.15, 0.2) is 18.2 Å². The van der Waals surface area contributed by atoms with Gasteiger partial charge in [0.15, 0.2) is 0 Å². The second-order valence-electron chi connectivity index (χ2n) is 4.70. The molecule has 2 N–H and O–H groups in total. The minimum absolute atomic E-state index is 0.0400. The minimum atomic E-state index is -0.601. The number of ether oxygens (including phenoxy) is 2. The summed E-state index contributed by atoms with van der Waals surface area (Å²) in [6.45, 7) is 6.06. The van der Waals surface area contributed by atoms with Crippen molar-refractivity contribution in [3.63, 3.8) is 0 Å². The van der Waals surface area contributed by atoms with E-state index in [4.69, 9.17) is 9.47 Å². The zero-order chi connectivity index (χ0) is 13.7. The zero-order valence-electron chi connectivity index (χ0n) is 11.7. The summed E-state index contributed by atoms with van der Waals surface area (Å²) in [5, 5.41) is 13.6. The highest BCUT2D eigenvalue weighted by Crippen LogP contribution is 2.27. The van der Waals surface area contributed by atoms with E-state index in [1.807, 2.05) is 19.1 Å². The Morgan fingerprint density at radius 1 is 1.00 bits per heavy atom. The lowest BCUT2D eigenvalue weighted by Crippen LogP contribution is -2.36. The van der Waals surface area contributed by atoms with Gasteiger partial charge >= 0.3 is 0 Å². The van der Waals surface area contributed by atoms with E-state index in [0.717, 1.165) is 5.56 Å². The first kappa shape index (κ1) is 14.8. The molecule has 18 heavy (non-hydrogen) atoms. The third-order valence-electron chi connectivity index (χ3n) is 2.79. The van der Waals surface area contributed by atoms with Crippen LogP contribution in [-0.4, -0.2) is 31.4 Å². The first-order chi connectivity index (χ1) is 8.47. The number of hydrogen-bond donors (Lipinski definition) is 2. The van der Waals surface area contributed by atoms with Crippen LogP contribution in [0.4, 0.5) is 0 Å². The molecule has 2 atom stereocenters. The highest BCUT2D eigenvalue weighted by molar-refractivity contribution is 5.39. The molecule has 4 heteroatoms. The number of benzene rings is 1. The van der Waals surface area contributed by atoms with Crippen molar-refractivity contribution in [1.29, 1.82) is 0 Å². The number of aliphatic hydroxyl groups is 1. The molecule has 0 amide bonds. The molecule has 1 aromatic carbocycles. The molecule has 0 spiro atoms. The third kappa shape index (κ3) is 3.89. The van der Waals surface area contributed by atoms with Crippen LogP contribution in [0.25, 0.3) is 0 Å². The Bertz CT molecular complexity index is 357. The Hall–Kier alpha value is -1.26. The molecule has 0 aliphatic carbocycles. The molecule has 0 heterocycles. The summed E-state index contributed by atoms with van der Waals surface area (Å²) in [4.78, 5) is 0. The second kappa shape index (κ2) is 6.61. The van der Waals surface area contributed by atoms with E-state index in [-0.39, 0.29) is 6.04 Å². The number of rotatable bonds is 6. The van der Waals surface area contributed by atoms with Crippen molar-refractivity contribution in [3.8, 4) is 11.5 Å². The maximum absolute atomic E-state index is 10.3. The first-order valence-corrected chi connectivity index (χ1v) is 6.15. The highest BCUT2D eigenvalue weighted by atomic mass is 16.5. The van der Waals surface area contributed by atoms with Crippen molar-refractivity contribution >= 4 is 0 Å². The van der Waals surface area contributed by atoms with Crippen LogP contribution in [0.1, 0.15) is 32.4 Å². The van der Waals surface area contributed by atoms with Gasteiger partial charge in [0.2, 0.25) is 0 Å². The Morgan fingerprint density at radius 3 is 1.89 bits per heavy atom. The second-order valence-corrected chi connectivity index (χ2v) is 4.70. The van der Waals surface area contributed by atoms with Gasteiger partial charge in [0.1, 0.15) is 11.5 Å². The van der Waals surface area contributed by atoms with Gasteiger partial charge in [-0.2, -0.15) is 0 Å². The van der Waals surface area contributed by atoms with E-state index in [0.29, 0.717) is 17.5 Å². The summed E-state index contributed by atoms with van der Waals surface area (Å²) in [7, 11) is 3.20. The maximum atomic E-state index is 10.3. The quantitative estimate of drug-likeness (QED) is 0.815. The molecule has 0 aliphatic rings. The monoisotopic (exact) mass is 253 g/mol. The van der Waals surface area contributed by atoms with Gasteiger partial charge in [-0.1, -0.05) is 13.8 Å². The summed E-state index contributed by atoms with van der Waals surface area (Å²) < 4.78 is 10.4. The Labute approximate surface area is 109 Å². The van der Waals surface area contributed by atoms with Gasteiger partial charge in [-0.15, -0.1) is 0 Å². The lowest BCUT2D eigenvalue weighted by Gasteiger charge is -2.23. The van der Waals surface area contributed by atoms with E-state index in [2.05, 4.69) is 19.2 Å². The molecule has 0 radical (unpaired) electrons. The van der Waals surface area contributed by atoms with Crippen molar-refractivity contribution < 1.29 is 14.6 Å². The molecule has 0 bridgehead atoms. The predicted octanol–water partition coefficient (Wildman–Crippen LogP) is 2.12. The van der Waals surface area contributed by atoms with Gasteiger partial charge in [0.05, 0.1) is 20.3 Å². The minimum Gasteiger partial charge on any atom is -0.497 e. The van der Waals surface area contributed by atoms with Gasteiger partial charge in [-0.25, -0.2) is 0 Å². The lowest BCUT2D eigenvalue weighted by atomic mass is 10.0. The van der Waals surface area contributed by atoms with Crippen LogP contribution < -0.4 is 14.8 Å². The topological polar surface area (TPSA) is 50.7 Å². The molecule has 0 aliphatic heterocycles. The Balaban J connectivity index is 2.93. The molecule has 0 fully saturated rings. The van der Waals surface area contributed by atoms with Crippen LogP contribution in [-0.2, 0) is 0 Å². The molecule has 0 saturated heterocycles. The fourth-order valence-corrected chi connectivity index (χ4v) is 1.91. The molecular weight excluding hydrogens is 230 g/mol. The van der Waals surface area contributed by atoms with E-state index < -0.39 is 6.10 Å². The van der Waals surface area contributed by atoms with Crippen LogP contribution >= 0.6 is 0 Å². The summed E-state index contributed by atoms with van der Waals surface area (Å²) in [5.74, 6) is 1.36. The van der Waals surface area contributed by atoms with Gasteiger partial charge < -0.3 is 19.9 Å². The number of aliphatic hydroxyl groups excluding tert-OH is 1. The Kier molecular flexibility index (Phi) is 5.44. The van der Waals surface area contributed by atoms with Gasteiger partial charge in [0, 0.05) is 18.2 Å². The van der Waals surface area contributed by atoms with Crippen molar-refractivity contribution in [1.82, 2.24) is 5.32 Å². The molecule has 102 valence electrons. The third-order valence-corrected chi connectivity index (χ3v) is 2.79. The fourth-order valence-electron chi connectivity index (χ4n) is 1.91. The highest BCUT2D eigenvalue weighted by Gasteiger charge is 2.18. The average Bonchev–Trinajstić information content (AvgIpc) is 2.36. The SMILES string of the molecule is COc1cc(OC)cc([C@H](O)[C@H](C)NC(C)C)c1. The van der Waals surface area contributed by atoms with E-state index in [9.17, 15) is 5.11 Å². The van der Waals surface area contributed by atoms with E-state index in [1.165, 1.54) is 0 Å². The van der Waals surface area contributed by atoms with Crippen LogP contribution in [0, 0.1) is 0 Å². The van der Waals surface area contributed by atoms with Crippen LogP contribution in [0.3, 0.4) is 0 Å². The smallest absolute Gasteiger partial charge is 0.122 e. The number of hydrogen-bond acceptors (Lipinski definition) is 4. The standard InChI is InChI=1S/C14H23NO3/c1-9(2)15-10(3)14(16)11-6-12(17-4)8-13(7-11)18-5/h6-10,14-16H,1-5H3/t10-,14+/m0/s1. The molecule has 0 saturated carbocycles. The van der Waals surface area contributed by atoms with Gasteiger partial charge in [-0.3, -0.25) is 0 Å². The molecule has 0 aromatic heterocycles. The lowest BCUT2D eigenvalue weighted by molar-refractivity contribution is 0.131. The summed E-state index contributed by atoms with van der Waals surface area (Å²) in [6, 6.07) is 5.72. The van der Waals surface area contributed by atoms with E-state index in [1.54, 1.807) is 20.3 Å². The summed E-state index contributed by atoms with van der Waals surface area (Å²) in [6.07, 6.45) is -0.601. The zero-order valence-corrected chi connectivity index (χ0v) is 11.7. The molecule has 0 unspecified atom stereocenters. The van der Waals surface area contributed by atoms with Crippen molar-refractivity contribution in [2.45, 2.75) is 39.0 Å². The largest absolute Gasteiger partial charge is 0.497 e. The van der Waals surface area contributed by atoms with Crippen LogP contribution in [0.5, 0.6) is 11.5 Å². The maximum Gasteiger partial charge on any atom is 0.122 e. The predicted molar refractivity (Wildman–Crippen MR) is 72.2 cm³/mol. The van der Waals surface area contributed by atoms with E-state index >= 15 is 0 Å². The van der Waals surface area contributed by atoms with Crippen molar-refractivity contribution in [2.24, 2.45) is 0 Å². The molecule has 1 aromatic rings. The van der Waals surface area contributed by atoms with Crippen molar-refractivity contribution in [2.75, 3.05) is 14.2 Å². The average molecular weight is 253 g/mol. The summed E-state index contributed by atoms with van der Waals surface area (Å²) in [5.41, 5.74) is 0.784. The number of nitrogens with one attached hydrogen (secondary N) is 1. The van der Waals surface area contributed by atoms with Crippen molar-refractivity contribution in [3.05, 3.63) is 23.8 Å². The summed E-state index contributed by atoms with van der Waals surface area (Å²) >= 11 is 0. The molecule has 1 rings (SSSR count).